The van der Waals surface area contributed by atoms with Gasteiger partial charge in [-0.25, -0.2) is 0 Å². The van der Waals surface area contributed by atoms with Crippen molar-refractivity contribution in [3.63, 3.8) is 0 Å². The number of carbonyl (C=O) groups excluding carboxylic acids is 1. The number of alkyl halides is 3. The molecule has 1 aromatic carbocycles. The van der Waals surface area contributed by atoms with Gasteiger partial charge in [0.05, 0.1) is 5.56 Å². The summed E-state index contributed by atoms with van der Waals surface area (Å²) >= 11 is 0. The highest BCUT2D eigenvalue weighted by atomic mass is 19.4. The smallest absolute Gasteiger partial charge is 0.416 e. The molecular weight excluding hydrogens is 261 g/mol. The second kappa shape index (κ2) is 4.01. The first-order chi connectivity index (χ1) is 8.93. The van der Waals surface area contributed by atoms with Crippen LogP contribution in [0.3, 0.4) is 0 Å². The van der Waals surface area contributed by atoms with Gasteiger partial charge in [0.15, 0.2) is 6.10 Å². The van der Waals surface area contributed by atoms with E-state index in [9.17, 15) is 18.0 Å². The zero-order valence-corrected chi connectivity index (χ0v) is 9.66. The Balaban J connectivity index is 1.99. The summed E-state index contributed by atoms with van der Waals surface area (Å²) < 4.78 is 48.2. The molecule has 0 N–H and O–H groups in total. The summed E-state index contributed by atoms with van der Waals surface area (Å²) in [5.41, 5.74) is -0.373. The van der Waals surface area contributed by atoms with Crippen molar-refractivity contribution in [2.45, 2.75) is 25.1 Å². The van der Waals surface area contributed by atoms with Crippen LogP contribution in [0, 0.1) is 0 Å². The SMILES string of the molecule is O=C1CCC(c2cc3cc(C(F)(F)F)ccc3o2)O1. The zero-order chi connectivity index (χ0) is 13.6. The molecule has 2 heterocycles. The Labute approximate surface area is 105 Å². The minimum Gasteiger partial charge on any atom is -0.457 e. The summed E-state index contributed by atoms with van der Waals surface area (Å²) in [7, 11) is 0. The highest BCUT2D eigenvalue weighted by molar-refractivity contribution is 5.79. The van der Waals surface area contributed by atoms with Crippen LogP contribution in [0.1, 0.15) is 30.3 Å². The van der Waals surface area contributed by atoms with E-state index in [0.29, 0.717) is 29.6 Å². The van der Waals surface area contributed by atoms with E-state index >= 15 is 0 Å². The van der Waals surface area contributed by atoms with Gasteiger partial charge in [-0.05, 0) is 24.3 Å². The molecule has 0 bridgehead atoms. The van der Waals surface area contributed by atoms with Gasteiger partial charge in [-0.15, -0.1) is 0 Å². The molecule has 0 aliphatic carbocycles. The molecule has 3 rings (SSSR count). The van der Waals surface area contributed by atoms with E-state index in [4.69, 9.17) is 9.15 Å². The zero-order valence-electron chi connectivity index (χ0n) is 9.66. The van der Waals surface area contributed by atoms with E-state index in [1.54, 1.807) is 0 Å². The van der Waals surface area contributed by atoms with Gasteiger partial charge in [-0.1, -0.05) is 0 Å². The highest BCUT2D eigenvalue weighted by Gasteiger charge is 2.32. The molecule has 1 aromatic heterocycles. The molecule has 0 amide bonds. The maximum absolute atomic E-state index is 12.6. The maximum Gasteiger partial charge on any atom is 0.416 e. The van der Waals surface area contributed by atoms with Crippen LogP contribution in [0.5, 0.6) is 0 Å². The Morgan fingerprint density at radius 1 is 1.21 bits per heavy atom. The normalized spacial score (nSPS) is 19.9. The Kier molecular flexibility index (Phi) is 2.55. The van der Waals surface area contributed by atoms with Crippen LogP contribution in [0.25, 0.3) is 11.0 Å². The molecule has 0 spiro atoms. The molecule has 1 aliphatic rings. The molecule has 100 valence electrons. The quantitative estimate of drug-likeness (QED) is 0.739. The monoisotopic (exact) mass is 270 g/mol. The van der Waals surface area contributed by atoms with Crippen molar-refractivity contribution in [3.05, 3.63) is 35.6 Å². The van der Waals surface area contributed by atoms with Crippen LogP contribution < -0.4 is 0 Å². The van der Waals surface area contributed by atoms with Crippen LogP contribution in [-0.4, -0.2) is 5.97 Å². The molecule has 3 nitrogen and oxygen atoms in total. The third kappa shape index (κ3) is 2.18. The number of fused-ring (bicyclic) bond motifs is 1. The molecule has 1 fully saturated rings. The van der Waals surface area contributed by atoms with E-state index in [0.717, 1.165) is 12.1 Å². The standard InChI is InChI=1S/C13H9F3O3/c14-13(15,16)8-1-2-9-7(5-8)6-11(18-9)10-3-4-12(17)19-10/h1-2,5-6,10H,3-4H2. The molecule has 1 atom stereocenters. The van der Waals surface area contributed by atoms with Gasteiger partial charge >= 0.3 is 12.1 Å². The lowest BCUT2D eigenvalue weighted by molar-refractivity contribution is -0.142. The summed E-state index contributed by atoms with van der Waals surface area (Å²) in [4.78, 5) is 11.0. The fourth-order valence-corrected chi connectivity index (χ4v) is 2.12. The van der Waals surface area contributed by atoms with E-state index in [-0.39, 0.29) is 5.97 Å². The Morgan fingerprint density at radius 3 is 2.63 bits per heavy atom. The van der Waals surface area contributed by atoms with E-state index in [1.807, 2.05) is 0 Å². The first-order valence-electron chi connectivity index (χ1n) is 5.74. The number of cyclic esters (lactones) is 1. The van der Waals surface area contributed by atoms with Crippen molar-refractivity contribution in [2.24, 2.45) is 0 Å². The molecule has 0 radical (unpaired) electrons. The van der Waals surface area contributed by atoms with Crippen molar-refractivity contribution < 1.29 is 27.1 Å². The van der Waals surface area contributed by atoms with Crippen LogP contribution in [0.4, 0.5) is 13.2 Å². The largest absolute Gasteiger partial charge is 0.457 e. The van der Waals surface area contributed by atoms with Crippen molar-refractivity contribution in [3.8, 4) is 0 Å². The summed E-state index contributed by atoms with van der Waals surface area (Å²) in [6, 6.07) is 4.77. The van der Waals surface area contributed by atoms with Gasteiger partial charge in [-0.2, -0.15) is 13.2 Å². The van der Waals surface area contributed by atoms with Gasteiger partial charge in [0.1, 0.15) is 11.3 Å². The van der Waals surface area contributed by atoms with Crippen molar-refractivity contribution in [2.75, 3.05) is 0 Å². The second-order valence-electron chi connectivity index (χ2n) is 4.42. The summed E-state index contributed by atoms with van der Waals surface area (Å²) in [5, 5.41) is 0.354. The Bertz CT molecular complexity index is 642. The number of benzene rings is 1. The number of furan rings is 1. The van der Waals surface area contributed by atoms with Crippen LogP contribution >= 0.6 is 0 Å². The Hall–Kier alpha value is -1.98. The molecule has 0 saturated carbocycles. The summed E-state index contributed by atoms with van der Waals surface area (Å²) in [6.45, 7) is 0. The number of halogens is 3. The number of hydrogen-bond acceptors (Lipinski definition) is 3. The number of carbonyl (C=O) groups is 1. The first kappa shape index (κ1) is 12.1. The molecular formula is C13H9F3O3. The molecule has 2 aromatic rings. The minimum absolute atomic E-state index is 0.301. The number of rotatable bonds is 1. The summed E-state index contributed by atoms with van der Waals surface area (Å²) in [6.07, 6.45) is -4.08. The number of hydrogen-bond donors (Lipinski definition) is 0. The predicted octanol–water partition coefficient (Wildman–Crippen LogP) is 3.83. The number of esters is 1. The fourth-order valence-electron chi connectivity index (χ4n) is 2.12. The van der Waals surface area contributed by atoms with Crippen molar-refractivity contribution >= 4 is 16.9 Å². The topological polar surface area (TPSA) is 39.4 Å². The summed E-state index contributed by atoms with van der Waals surface area (Å²) in [5.74, 6) is 0.0709. The molecule has 1 saturated heterocycles. The van der Waals surface area contributed by atoms with Crippen LogP contribution in [-0.2, 0) is 15.7 Å². The number of ether oxygens (including phenoxy) is 1. The molecule has 19 heavy (non-hydrogen) atoms. The molecule has 1 unspecified atom stereocenters. The highest BCUT2D eigenvalue weighted by Crippen LogP contribution is 2.36. The second-order valence-corrected chi connectivity index (χ2v) is 4.42. The van der Waals surface area contributed by atoms with E-state index in [2.05, 4.69) is 0 Å². The van der Waals surface area contributed by atoms with Crippen molar-refractivity contribution in [1.29, 1.82) is 0 Å². The van der Waals surface area contributed by atoms with Gasteiger partial charge < -0.3 is 9.15 Å². The fraction of sp³-hybridized carbons (Fsp3) is 0.308. The van der Waals surface area contributed by atoms with Gasteiger partial charge in [-0.3, -0.25) is 4.79 Å². The lowest BCUT2D eigenvalue weighted by atomic mass is 10.1. The molecule has 6 heteroatoms. The maximum atomic E-state index is 12.6. The van der Waals surface area contributed by atoms with Gasteiger partial charge in [0.25, 0.3) is 0 Å². The van der Waals surface area contributed by atoms with E-state index in [1.165, 1.54) is 12.1 Å². The molecule has 1 aliphatic heterocycles. The first-order valence-corrected chi connectivity index (χ1v) is 5.74. The predicted molar refractivity (Wildman–Crippen MR) is 59.3 cm³/mol. The van der Waals surface area contributed by atoms with E-state index < -0.39 is 17.8 Å². The van der Waals surface area contributed by atoms with Crippen LogP contribution in [0.2, 0.25) is 0 Å². The third-order valence-corrected chi connectivity index (χ3v) is 3.06. The van der Waals surface area contributed by atoms with Gasteiger partial charge in [0, 0.05) is 18.2 Å². The lowest BCUT2D eigenvalue weighted by Crippen LogP contribution is -2.03. The third-order valence-electron chi connectivity index (χ3n) is 3.06. The van der Waals surface area contributed by atoms with Crippen LogP contribution in [0.15, 0.2) is 28.7 Å². The van der Waals surface area contributed by atoms with Crippen molar-refractivity contribution in [1.82, 2.24) is 0 Å². The lowest BCUT2D eigenvalue weighted by Gasteiger charge is -2.05. The minimum atomic E-state index is -4.38. The average molecular weight is 270 g/mol. The Morgan fingerprint density at radius 2 is 2.00 bits per heavy atom. The van der Waals surface area contributed by atoms with Gasteiger partial charge in [0.2, 0.25) is 0 Å². The average Bonchev–Trinajstić information content (AvgIpc) is 2.92.